The minimum absolute atomic E-state index is 0.0541. The molecule has 1 amide bonds. The van der Waals surface area contributed by atoms with Crippen molar-refractivity contribution in [3.8, 4) is 17.6 Å². The van der Waals surface area contributed by atoms with Crippen LogP contribution >= 0.6 is 0 Å². The fourth-order valence-corrected chi connectivity index (χ4v) is 7.26. The first kappa shape index (κ1) is 22.6. The quantitative estimate of drug-likeness (QED) is 0.592. The third-order valence-corrected chi connectivity index (χ3v) is 9.44. The smallest absolute Gasteiger partial charge is 0.326 e. The fraction of sp³-hybridized carbons (Fsp3) is 0.318. The van der Waals surface area contributed by atoms with Gasteiger partial charge in [-0.2, -0.15) is 8.42 Å². The Kier molecular flexibility index (Phi) is 5.31. The lowest BCUT2D eigenvalue weighted by molar-refractivity contribution is -0.117. The summed E-state index contributed by atoms with van der Waals surface area (Å²) in [4.78, 5) is 11.5. The second-order valence-corrected chi connectivity index (χ2v) is 12.1. The lowest BCUT2D eigenvalue weighted by Crippen LogP contribution is -2.32. The molecule has 12 heteroatoms. The Hall–Kier alpha value is -3.14. The van der Waals surface area contributed by atoms with Crippen LogP contribution in [0.2, 0.25) is 0 Å². The number of phenols is 1. The van der Waals surface area contributed by atoms with Gasteiger partial charge in [0.1, 0.15) is 18.0 Å². The van der Waals surface area contributed by atoms with Gasteiger partial charge in [0, 0.05) is 19.0 Å². The minimum atomic E-state index is -4.30. The highest BCUT2D eigenvalue weighted by Crippen LogP contribution is 2.52. The molecular formula is C22H20FN3O6S2. The molecule has 2 heterocycles. The number of nitrogens with one attached hydrogen (secondary N) is 1. The summed E-state index contributed by atoms with van der Waals surface area (Å²) in [5.41, 5.74) is -0.0462. The van der Waals surface area contributed by atoms with Gasteiger partial charge in [0.05, 0.1) is 11.3 Å². The SMILES string of the molecule is O=C1CN(c2c(O)ccc(C#CC3[C@H]4CN(S(=O)(=O)Cc5ccccc5)C[C@@H]34)c2F)S(=O)(=O)N1. The van der Waals surface area contributed by atoms with E-state index in [9.17, 15) is 26.7 Å². The summed E-state index contributed by atoms with van der Waals surface area (Å²) in [5.74, 6) is 3.07. The monoisotopic (exact) mass is 505 g/mol. The first-order chi connectivity index (χ1) is 16.1. The molecule has 9 nitrogen and oxygen atoms in total. The number of fused-ring (bicyclic) bond motifs is 1. The van der Waals surface area contributed by atoms with E-state index >= 15 is 4.39 Å². The van der Waals surface area contributed by atoms with Gasteiger partial charge in [0.25, 0.3) is 5.91 Å². The Morgan fingerprint density at radius 2 is 1.79 bits per heavy atom. The van der Waals surface area contributed by atoms with Crippen LogP contribution in [-0.4, -0.2) is 51.8 Å². The Bertz CT molecular complexity index is 1440. The maximum Gasteiger partial charge on any atom is 0.326 e. The maximum atomic E-state index is 15.0. The van der Waals surface area contributed by atoms with Crippen LogP contribution in [0.4, 0.5) is 10.1 Å². The highest BCUT2D eigenvalue weighted by Gasteiger charge is 2.57. The van der Waals surface area contributed by atoms with Gasteiger partial charge in [-0.15, -0.1) is 0 Å². The van der Waals surface area contributed by atoms with Crippen LogP contribution < -0.4 is 9.03 Å². The van der Waals surface area contributed by atoms with Crippen molar-refractivity contribution in [2.24, 2.45) is 17.8 Å². The molecular weight excluding hydrogens is 485 g/mol. The first-order valence-electron chi connectivity index (χ1n) is 10.4. The summed E-state index contributed by atoms with van der Waals surface area (Å²) in [6, 6.07) is 11.3. The van der Waals surface area contributed by atoms with E-state index in [1.54, 1.807) is 29.0 Å². The molecule has 3 fully saturated rings. The summed E-state index contributed by atoms with van der Waals surface area (Å²) in [5, 5.41) is 10.0. The van der Waals surface area contributed by atoms with E-state index < -0.39 is 49.9 Å². The van der Waals surface area contributed by atoms with Gasteiger partial charge < -0.3 is 5.11 Å². The van der Waals surface area contributed by atoms with Crippen LogP contribution in [0.15, 0.2) is 42.5 Å². The molecule has 5 rings (SSSR count). The number of aromatic hydroxyl groups is 1. The maximum absolute atomic E-state index is 15.0. The molecule has 0 aromatic heterocycles. The molecule has 2 aromatic rings. The van der Waals surface area contributed by atoms with E-state index in [1.807, 2.05) is 6.07 Å². The summed E-state index contributed by atoms with van der Waals surface area (Å²) in [6.07, 6.45) is 0. The largest absolute Gasteiger partial charge is 0.506 e. The molecule has 34 heavy (non-hydrogen) atoms. The number of hydrogen-bond donors (Lipinski definition) is 2. The summed E-state index contributed by atoms with van der Waals surface area (Å²) in [6.45, 7) is 0.0499. The van der Waals surface area contributed by atoms with Crippen molar-refractivity contribution in [1.29, 1.82) is 0 Å². The Labute approximate surface area is 196 Å². The van der Waals surface area contributed by atoms with E-state index in [0.29, 0.717) is 17.4 Å². The topological polar surface area (TPSA) is 124 Å². The Balaban J connectivity index is 1.29. The number of carbonyl (C=O) groups excluding carboxylic acids is 1. The van der Waals surface area contributed by atoms with Gasteiger partial charge in [-0.1, -0.05) is 42.2 Å². The zero-order chi connectivity index (χ0) is 24.3. The summed E-state index contributed by atoms with van der Waals surface area (Å²) >= 11 is 0. The van der Waals surface area contributed by atoms with Crippen molar-refractivity contribution in [2.45, 2.75) is 5.75 Å². The molecule has 3 aliphatic rings. The second-order valence-electron chi connectivity index (χ2n) is 8.51. The van der Waals surface area contributed by atoms with Crippen LogP contribution in [0, 0.1) is 35.4 Å². The van der Waals surface area contributed by atoms with Gasteiger partial charge in [-0.25, -0.2) is 26.1 Å². The number of benzene rings is 2. The number of amides is 1. The standard InChI is InChI=1S/C22H20FN3O6S2/c23-21-15(7-9-19(27)22(21)26-12-20(28)24-34(26,31)32)6-8-16-17-10-25(11-18(16)17)33(29,30)13-14-4-2-1-3-5-14/h1-5,7,9,16-18,27H,10-13H2,(H,24,28)/t16?,17-,18+. The molecule has 0 bridgehead atoms. The number of piperidine rings is 1. The van der Waals surface area contributed by atoms with E-state index in [0.717, 1.165) is 11.6 Å². The predicted molar refractivity (Wildman–Crippen MR) is 120 cm³/mol. The van der Waals surface area contributed by atoms with Crippen LogP contribution in [0.1, 0.15) is 11.1 Å². The van der Waals surface area contributed by atoms with E-state index in [1.165, 1.54) is 10.4 Å². The zero-order valence-electron chi connectivity index (χ0n) is 17.7. The molecule has 3 atom stereocenters. The van der Waals surface area contributed by atoms with Gasteiger partial charge in [0.15, 0.2) is 5.82 Å². The number of rotatable bonds is 4. The number of halogens is 1. The molecule has 178 valence electrons. The van der Waals surface area contributed by atoms with Gasteiger partial charge in [0.2, 0.25) is 10.0 Å². The highest BCUT2D eigenvalue weighted by molar-refractivity contribution is 7.92. The van der Waals surface area contributed by atoms with Crippen LogP contribution in [-0.2, 0) is 30.8 Å². The number of anilines is 1. The fourth-order valence-electron chi connectivity index (χ4n) is 4.50. The van der Waals surface area contributed by atoms with Crippen molar-refractivity contribution in [3.63, 3.8) is 0 Å². The Morgan fingerprint density at radius 1 is 1.12 bits per heavy atom. The average molecular weight is 506 g/mol. The molecule has 1 unspecified atom stereocenters. The highest BCUT2D eigenvalue weighted by atomic mass is 32.2. The van der Waals surface area contributed by atoms with E-state index in [-0.39, 0.29) is 29.1 Å². The minimum Gasteiger partial charge on any atom is -0.506 e. The summed E-state index contributed by atoms with van der Waals surface area (Å²) in [7, 11) is -7.75. The molecule has 2 N–H and O–H groups in total. The number of hydrogen-bond acceptors (Lipinski definition) is 6. The number of sulfonamides is 1. The third-order valence-electron chi connectivity index (χ3n) is 6.28. The lowest BCUT2D eigenvalue weighted by Gasteiger charge is -2.18. The first-order valence-corrected chi connectivity index (χ1v) is 13.5. The second kappa shape index (κ2) is 7.97. The molecule has 2 saturated heterocycles. The normalized spacial score (nSPS) is 25.4. The van der Waals surface area contributed by atoms with Crippen molar-refractivity contribution in [2.75, 3.05) is 23.9 Å². The van der Waals surface area contributed by atoms with Crippen molar-refractivity contribution >= 4 is 31.8 Å². The molecule has 2 aliphatic heterocycles. The van der Waals surface area contributed by atoms with Crippen LogP contribution in [0.25, 0.3) is 0 Å². The molecule has 1 aliphatic carbocycles. The number of phenolic OH excluding ortho intramolecular Hbond substituents is 1. The molecule has 0 spiro atoms. The van der Waals surface area contributed by atoms with E-state index in [4.69, 9.17) is 0 Å². The Morgan fingerprint density at radius 3 is 2.41 bits per heavy atom. The van der Waals surface area contributed by atoms with Gasteiger partial charge in [-0.3, -0.25) is 4.79 Å². The van der Waals surface area contributed by atoms with E-state index in [2.05, 4.69) is 11.8 Å². The van der Waals surface area contributed by atoms with Gasteiger partial charge in [-0.05, 0) is 29.5 Å². The van der Waals surface area contributed by atoms with Crippen LogP contribution in [0.5, 0.6) is 5.75 Å². The molecule has 2 aromatic carbocycles. The predicted octanol–water partition coefficient (Wildman–Crippen LogP) is 0.772. The molecule has 0 radical (unpaired) electrons. The van der Waals surface area contributed by atoms with Crippen molar-refractivity contribution in [3.05, 3.63) is 59.4 Å². The lowest BCUT2D eigenvalue weighted by atomic mass is 10.1. The third kappa shape index (κ3) is 4.00. The van der Waals surface area contributed by atoms with Crippen molar-refractivity contribution < 1.29 is 31.1 Å². The number of carbonyl (C=O) groups is 1. The summed E-state index contributed by atoms with van der Waals surface area (Å²) < 4.78 is 68.2. The zero-order valence-corrected chi connectivity index (χ0v) is 19.3. The number of nitrogens with zero attached hydrogens (tertiary/aromatic N) is 2. The van der Waals surface area contributed by atoms with Crippen LogP contribution in [0.3, 0.4) is 0 Å². The van der Waals surface area contributed by atoms with Gasteiger partial charge >= 0.3 is 10.2 Å². The average Bonchev–Trinajstić information content (AvgIpc) is 3.07. The van der Waals surface area contributed by atoms with Crippen molar-refractivity contribution in [1.82, 2.24) is 9.03 Å². The molecule has 1 saturated carbocycles.